The number of amidine groups is 1. The van der Waals surface area contributed by atoms with E-state index in [0.717, 1.165) is 24.5 Å². The maximum atomic E-state index is 4.71. The molecule has 0 saturated carbocycles. The Bertz CT molecular complexity index is 369. The number of benzene rings is 1. The molecule has 1 aliphatic rings. The van der Waals surface area contributed by atoms with Gasteiger partial charge in [0.05, 0.1) is 5.69 Å². The molecule has 0 bridgehead atoms. The summed E-state index contributed by atoms with van der Waals surface area (Å²) in [6.07, 6.45) is 8.67. The normalized spacial score (nSPS) is 18.4. The summed E-state index contributed by atoms with van der Waals surface area (Å²) in [5, 5.41) is 3.43. The predicted octanol–water partition coefficient (Wildman–Crippen LogP) is 4.22. The monoisotopic (exact) mass is 244 g/mol. The molecule has 18 heavy (non-hydrogen) atoms. The molecule has 0 radical (unpaired) electrons. The third-order valence-corrected chi connectivity index (χ3v) is 3.44. The Morgan fingerprint density at radius 3 is 2.72 bits per heavy atom. The number of hydrogen-bond acceptors (Lipinski definition) is 1. The second-order valence-corrected chi connectivity index (χ2v) is 5.07. The lowest BCUT2D eigenvalue weighted by molar-refractivity contribution is 0.721. The van der Waals surface area contributed by atoms with Gasteiger partial charge >= 0.3 is 0 Å². The summed E-state index contributed by atoms with van der Waals surface area (Å²) in [6.45, 7) is 3.31. The quantitative estimate of drug-likeness (QED) is 0.842. The van der Waals surface area contributed by atoms with Gasteiger partial charge in [0.2, 0.25) is 0 Å². The van der Waals surface area contributed by atoms with Gasteiger partial charge in [0.1, 0.15) is 5.84 Å². The molecular formula is C16H24N2. The van der Waals surface area contributed by atoms with Crippen LogP contribution in [0.15, 0.2) is 29.3 Å². The lowest BCUT2D eigenvalue weighted by atomic mass is 10.1. The highest BCUT2D eigenvalue weighted by Crippen LogP contribution is 2.16. The maximum absolute atomic E-state index is 4.71. The molecule has 1 aromatic carbocycles. The maximum Gasteiger partial charge on any atom is 0.102 e. The highest BCUT2D eigenvalue weighted by Gasteiger charge is 2.04. The standard InChI is InChI=1S/C16H24N2/c1-2-3-7-14-9-11-15(12-10-14)18-16-8-5-4-6-13-17-16/h9-12H,2-8,13H2,1H3,(H,17,18). The highest BCUT2D eigenvalue weighted by molar-refractivity contribution is 5.84. The van der Waals surface area contributed by atoms with Crippen LogP contribution in [0.2, 0.25) is 0 Å². The lowest BCUT2D eigenvalue weighted by Gasteiger charge is -2.05. The summed E-state index contributed by atoms with van der Waals surface area (Å²) in [5.74, 6) is 1.16. The van der Waals surface area contributed by atoms with E-state index in [-0.39, 0.29) is 0 Å². The van der Waals surface area contributed by atoms with Crippen LogP contribution in [0, 0.1) is 0 Å². The number of nitrogens with zero attached hydrogens (tertiary/aromatic N) is 1. The van der Waals surface area contributed by atoms with Gasteiger partial charge in [0, 0.05) is 13.0 Å². The Hall–Kier alpha value is -1.31. The molecule has 2 heteroatoms. The molecule has 2 nitrogen and oxygen atoms in total. The van der Waals surface area contributed by atoms with E-state index < -0.39 is 0 Å². The zero-order chi connectivity index (χ0) is 12.6. The van der Waals surface area contributed by atoms with Gasteiger partial charge in [0.15, 0.2) is 0 Å². The number of rotatable bonds is 4. The summed E-state index contributed by atoms with van der Waals surface area (Å²) in [4.78, 5) is 4.71. The molecule has 98 valence electrons. The minimum Gasteiger partial charge on any atom is -0.374 e. The average molecular weight is 244 g/mol. The van der Waals surface area contributed by atoms with Crippen LogP contribution in [-0.2, 0) is 6.42 Å². The smallest absolute Gasteiger partial charge is 0.102 e. The van der Waals surface area contributed by atoms with Crippen LogP contribution < -0.4 is 5.32 Å². The molecule has 0 aromatic heterocycles. The van der Waals surface area contributed by atoms with Gasteiger partial charge in [0.25, 0.3) is 0 Å². The van der Waals surface area contributed by atoms with Crippen LogP contribution in [0.25, 0.3) is 0 Å². The van der Waals surface area contributed by atoms with E-state index in [9.17, 15) is 0 Å². The number of nitrogens with one attached hydrogen (secondary N) is 1. The first kappa shape index (κ1) is 13.1. The van der Waals surface area contributed by atoms with E-state index in [1.54, 1.807) is 0 Å². The highest BCUT2D eigenvalue weighted by atomic mass is 15.0. The topological polar surface area (TPSA) is 24.4 Å². The van der Waals surface area contributed by atoms with Crippen molar-refractivity contribution in [1.82, 2.24) is 5.32 Å². The van der Waals surface area contributed by atoms with Gasteiger partial charge in [-0.05, 0) is 43.4 Å². The first-order valence-corrected chi connectivity index (χ1v) is 7.29. The first-order valence-electron chi connectivity index (χ1n) is 7.29. The Morgan fingerprint density at radius 2 is 1.94 bits per heavy atom. The van der Waals surface area contributed by atoms with E-state index in [1.807, 2.05) is 0 Å². The fourth-order valence-electron chi connectivity index (χ4n) is 2.28. The second-order valence-electron chi connectivity index (χ2n) is 5.07. The average Bonchev–Trinajstić information content (AvgIpc) is 2.67. The van der Waals surface area contributed by atoms with Crippen LogP contribution in [0.3, 0.4) is 0 Å². The van der Waals surface area contributed by atoms with Crippen LogP contribution >= 0.6 is 0 Å². The summed E-state index contributed by atoms with van der Waals surface area (Å²) in [6, 6.07) is 8.71. The Balaban J connectivity index is 1.97. The van der Waals surface area contributed by atoms with E-state index in [4.69, 9.17) is 4.99 Å². The fourth-order valence-corrected chi connectivity index (χ4v) is 2.28. The van der Waals surface area contributed by atoms with Gasteiger partial charge in [-0.15, -0.1) is 0 Å². The van der Waals surface area contributed by atoms with Crippen LogP contribution in [0.1, 0.15) is 51.0 Å². The summed E-state index contributed by atoms with van der Waals surface area (Å²) in [7, 11) is 0. The zero-order valence-corrected chi connectivity index (χ0v) is 11.4. The van der Waals surface area contributed by atoms with Crippen LogP contribution in [-0.4, -0.2) is 12.4 Å². The van der Waals surface area contributed by atoms with Crippen molar-refractivity contribution >= 4 is 11.5 Å². The first-order chi connectivity index (χ1) is 8.88. The Labute approximate surface area is 111 Å². The molecule has 1 N–H and O–H groups in total. The van der Waals surface area contributed by atoms with E-state index in [2.05, 4.69) is 36.5 Å². The summed E-state index contributed by atoms with van der Waals surface area (Å²) >= 11 is 0. The molecule has 1 fully saturated rings. The van der Waals surface area contributed by atoms with Crippen LogP contribution in [0.5, 0.6) is 0 Å². The number of unbranched alkanes of at least 4 members (excludes halogenated alkanes) is 1. The van der Waals surface area contributed by atoms with Gasteiger partial charge < -0.3 is 5.32 Å². The van der Waals surface area contributed by atoms with Crippen molar-refractivity contribution < 1.29 is 0 Å². The third kappa shape index (κ3) is 4.17. The molecule has 2 rings (SSSR count). The lowest BCUT2D eigenvalue weighted by Crippen LogP contribution is -2.21. The van der Waals surface area contributed by atoms with Gasteiger partial charge in [-0.1, -0.05) is 31.9 Å². The molecule has 0 aliphatic carbocycles. The Morgan fingerprint density at radius 1 is 1.11 bits per heavy atom. The predicted molar refractivity (Wildman–Crippen MR) is 78.6 cm³/mol. The molecule has 1 aliphatic heterocycles. The molecule has 0 atom stereocenters. The number of aryl methyl sites for hydroxylation is 1. The Kier molecular flexibility index (Phi) is 5.25. The molecule has 1 heterocycles. The fraction of sp³-hybridized carbons (Fsp3) is 0.562. The van der Waals surface area contributed by atoms with Gasteiger partial charge in [-0.25, -0.2) is 4.99 Å². The summed E-state index contributed by atoms with van der Waals surface area (Å²) in [5.41, 5.74) is 2.51. The van der Waals surface area contributed by atoms with Crippen molar-refractivity contribution in [3.8, 4) is 0 Å². The molecule has 0 unspecified atom stereocenters. The molecular weight excluding hydrogens is 220 g/mol. The van der Waals surface area contributed by atoms with Crippen LogP contribution in [0.4, 0.5) is 5.69 Å². The van der Waals surface area contributed by atoms with Crippen molar-refractivity contribution in [3.05, 3.63) is 29.8 Å². The SMILES string of the molecule is CCCCc1ccc(/N=C2\CCCCCN2)cc1. The number of hydrogen-bond donors (Lipinski definition) is 1. The van der Waals surface area contributed by atoms with E-state index >= 15 is 0 Å². The summed E-state index contributed by atoms with van der Waals surface area (Å²) < 4.78 is 0. The van der Waals surface area contributed by atoms with E-state index in [0.29, 0.717) is 0 Å². The zero-order valence-electron chi connectivity index (χ0n) is 11.4. The van der Waals surface area contributed by atoms with E-state index in [1.165, 1.54) is 44.1 Å². The molecule has 1 saturated heterocycles. The second kappa shape index (κ2) is 7.20. The molecule has 1 aromatic rings. The van der Waals surface area contributed by atoms with Crippen molar-refractivity contribution in [3.63, 3.8) is 0 Å². The number of aliphatic imine (C=N–C) groups is 1. The molecule has 0 amide bonds. The largest absolute Gasteiger partial charge is 0.374 e. The van der Waals surface area contributed by atoms with Crippen molar-refractivity contribution in [2.45, 2.75) is 51.9 Å². The third-order valence-electron chi connectivity index (χ3n) is 3.44. The van der Waals surface area contributed by atoms with Crippen molar-refractivity contribution in [1.29, 1.82) is 0 Å². The molecule has 0 spiro atoms. The van der Waals surface area contributed by atoms with Gasteiger partial charge in [-0.3, -0.25) is 0 Å². The van der Waals surface area contributed by atoms with Crippen molar-refractivity contribution in [2.75, 3.05) is 6.54 Å². The van der Waals surface area contributed by atoms with Crippen molar-refractivity contribution in [2.24, 2.45) is 4.99 Å². The minimum atomic E-state index is 1.08. The van der Waals surface area contributed by atoms with Gasteiger partial charge in [-0.2, -0.15) is 0 Å². The minimum absolute atomic E-state index is 1.08.